The fourth-order valence-electron chi connectivity index (χ4n) is 2.85. The van der Waals surface area contributed by atoms with E-state index in [-0.39, 0.29) is 0 Å². The van der Waals surface area contributed by atoms with E-state index in [9.17, 15) is 0 Å². The zero-order valence-corrected chi connectivity index (χ0v) is 14.0. The summed E-state index contributed by atoms with van der Waals surface area (Å²) in [7, 11) is 0. The summed E-state index contributed by atoms with van der Waals surface area (Å²) in [5.41, 5.74) is 2.92. The van der Waals surface area contributed by atoms with Crippen molar-refractivity contribution in [3.63, 3.8) is 0 Å². The molecule has 22 heavy (non-hydrogen) atoms. The summed E-state index contributed by atoms with van der Waals surface area (Å²) >= 11 is 0. The number of unbranched alkanes of at least 4 members (excludes halogenated alkanes) is 4. The van der Waals surface area contributed by atoms with Crippen molar-refractivity contribution in [2.75, 3.05) is 0 Å². The van der Waals surface area contributed by atoms with Gasteiger partial charge in [0.25, 0.3) is 0 Å². The van der Waals surface area contributed by atoms with Crippen LogP contribution in [0.1, 0.15) is 56.6 Å². The Hall–Kier alpha value is -1.63. The number of nitrogens with zero attached hydrogens (tertiary/aromatic N) is 1. The van der Waals surface area contributed by atoms with Crippen molar-refractivity contribution in [3.05, 3.63) is 66.0 Å². The standard InChI is InChI=1S/C21H30N/c1-2-3-4-5-7-13-21-15-18-22(19-16-21)17-10-14-20-11-8-6-9-12-20/h6,8-9,11-12,15-16,18-19H,2-5,7,10,13-14,17H2,1H3/q+1. The number of aromatic nitrogens is 1. The van der Waals surface area contributed by atoms with Crippen molar-refractivity contribution in [3.8, 4) is 0 Å². The second-order valence-corrected chi connectivity index (χ2v) is 6.20. The quantitative estimate of drug-likeness (QED) is 0.423. The first kappa shape index (κ1) is 16.7. The highest BCUT2D eigenvalue weighted by Crippen LogP contribution is 2.08. The van der Waals surface area contributed by atoms with E-state index in [0.29, 0.717) is 0 Å². The van der Waals surface area contributed by atoms with Crippen LogP contribution in [0.2, 0.25) is 0 Å². The van der Waals surface area contributed by atoms with Gasteiger partial charge in [-0.1, -0.05) is 62.9 Å². The van der Waals surface area contributed by atoms with Gasteiger partial charge in [-0.15, -0.1) is 0 Å². The first-order valence-corrected chi connectivity index (χ1v) is 8.90. The van der Waals surface area contributed by atoms with Crippen LogP contribution < -0.4 is 4.57 Å². The molecule has 0 amide bonds. The number of hydrogen-bond acceptors (Lipinski definition) is 0. The number of hydrogen-bond donors (Lipinski definition) is 0. The first-order valence-electron chi connectivity index (χ1n) is 8.90. The van der Waals surface area contributed by atoms with Crippen LogP contribution in [0, 0.1) is 0 Å². The molecule has 2 rings (SSSR count). The van der Waals surface area contributed by atoms with Gasteiger partial charge in [0, 0.05) is 18.6 Å². The molecule has 0 saturated carbocycles. The highest BCUT2D eigenvalue weighted by atomic mass is 14.9. The summed E-state index contributed by atoms with van der Waals surface area (Å²) < 4.78 is 2.31. The maximum Gasteiger partial charge on any atom is 0.169 e. The zero-order valence-electron chi connectivity index (χ0n) is 14.0. The third-order valence-corrected chi connectivity index (χ3v) is 4.25. The van der Waals surface area contributed by atoms with Gasteiger partial charge in [0.2, 0.25) is 0 Å². The smallest absolute Gasteiger partial charge is 0.169 e. The number of rotatable bonds is 10. The van der Waals surface area contributed by atoms with Gasteiger partial charge in [-0.05, 0) is 30.4 Å². The molecular weight excluding hydrogens is 266 g/mol. The van der Waals surface area contributed by atoms with E-state index >= 15 is 0 Å². The highest BCUT2D eigenvalue weighted by Gasteiger charge is 2.02. The van der Waals surface area contributed by atoms with Gasteiger partial charge < -0.3 is 0 Å². The fourth-order valence-corrected chi connectivity index (χ4v) is 2.85. The molecule has 0 fully saturated rings. The number of aryl methyl sites for hydroxylation is 3. The third-order valence-electron chi connectivity index (χ3n) is 4.25. The molecule has 0 N–H and O–H groups in total. The van der Waals surface area contributed by atoms with Gasteiger partial charge in [0.1, 0.15) is 6.54 Å². The van der Waals surface area contributed by atoms with Gasteiger partial charge in [-0.3, -0.25) is 0 Å². The molecule has 0 aliphatic rings. The zero-order chi connectivity index (χ0) is 15.5. The Bertz CT molecular complexity index is 501. The third kappa shape index (κ3) is 6.43. The Labute approximate surface area is 136 Å². The van der Waals surface area contributed by atoms with Gasteiger partial charge >= 0.3 is 0 Å². The van der Waals surface area contributed by atoms with Gasteiger partial charge in [-0.25, -0.2) is 4.57 Å². The SMILES string of the molecule is CCCCCCCc1cc[n+](CCCc2ccccc2)cc1. The van der Waals surface area contributed by atoms with E-state index in [0.717, 1.165) is 13.0 Å². The maximum atomic E-state index is 2.31. The molecule has 0 bridgehead atoms. The van der Waals surface area contributed by atoms with E-state index in [1.807, 2.05) is 0 Å². The van der Waals surface area contributed by atoms with E-state index < -0.39 is 0 Å². The molecule has 0 unspecified atom stereocenters. The predicted molar refractivity (Wildman–Crippen MR) is 93.9 cm³/mol. The Kier molecular flexibility index (Phi) is 7.73. The van der Waals surface area contributed by atoms with Gasteiger partial charge in [-0.2, -0.15) is 0 Å². The van der Waals surface area contributed by atoms with Crippen LogP contribution in [-0.2, 0) is 19.4 Å². The molecule has 0 radical (unpaired) electrons. The molecule has 1 nitrogen and oxygen atoms in total. The van der Waals surface area contributed by atoms with Crippen molar-refractivity contribution < 1.29 is 4.57 Å². The normalized spacial score (nSPS) is 10.8. The molecule has 0 aliphatic heterocycles. The Balaban J connectivity index is 1.66. The summed E-state index contributed by atoms with van der Waals surface area (Å²) in [4.78, 5) is 0. The Morgan fingerprint density at radius 1 is 0.682 bits per heavy atom. The number of benzene rings is 1. The van der Waals surface area contributed by atoms with Crippen LogP contribution in [0.4, 0.5) is 0 Å². The number of pyridine rings is 1. The second kappa shape index (κ2) is 10.2. The summed E-state index contributed by atoms with van der Waals surface area (Å²) in [6.07, 6.45) is 14.9. The molecule has 1 heteroatoms. The van der Waals surface area contributed by atoms with Crippen LogP contribution in [0.3, 0.4) is 0 Å². The summed E-state index contributed by atoms with van der Waals surface area (Å²) in [6.45, 7) is 3.37. The van der Waals surface area contributed by atoms with Crippen molar-refractivity contribution >= 4 is 0 Å². The van der Waals surface area contributed by atoms with Crippen molar-refractivity contribution in [2.24, 2.45) is 0 Å². The largest absolute Gasteiger partial charge is 0.205 e. The van der Waals surface area contributed by atoms with Crippen LogP contribution in [0.15, 0.2) is 54.9 Å². The molecule has 0 saturated heterocycles. The van der Waals surface area contributed by atoms with Crippen molar-refractivity contribution in [1.82, 2.24) is 0 Å². The average Bonchev–Trinajstić information content (AvgIpc) is 2.57. The molecule has 0 atom stereocenters. The van der Waals surface area contributed by atoms with Crippen molar-refractivity contribution in [2.45, 2.75) is 64.8 Å². The molecule has 1 heterocycles. The van der Waals surface area contributed by atoms with E-state index in [4.69, 9.17) is 0 Å². The summed E-state index contributed by atoms with van der Waals surface area (Å²) in [5.74, 6) is 0. The molecule has 1 aromatic carbocycles. The maximum absolute atomic E-state index is 2.31. The minimum absolute atomic E-state index is 1.10. The van der Waals surface area contributed by atoms with Crippen LogP contribution in [0.25, 0.3) is 0 Å². The first-order chi connectivity index (χ1) is 10.9. The van der Waals surface area contributed by atoms with Crippen LogP contribution >= 0.6 is 0 Å². The average molecular weight is 296 g/mol. The molecular formula is C21H30N+. The molecule has 0 spiro atoms. The monoisotopic (exact) mass is 296 g/mol. The van der Waals surface area contributed by atoms with E-state index in [1.165, 1.54) is 56.1 Å². The lowest BCUT2D eigenvalue weighted by Gasteiger charge is -2.02. The molecule has 0 aliphatic carbocycles. The lowest BCUT2D eigenvalue weighted by molar-refractivity contribution is -0.697. The van der Waals surface area contributed by atoms with Crippen molar-refractivity contribution in [1.29, 1.82) is 0 Å². The van der Waals surface area contributed by atoms with Gasteiger partial charge in [0.05, 0.1) is 0 Å². The second-order valence-electron chi connectivity index (χ2n) is 6.20. The summed E-state index contributed by atoms with van der Waals surface area (Å²) in [6, 6.07) is 15.3. The lowest BCUT2D eigenvalue weighted by Crippen LogP contribution is -2.32. The predicted octanol–water partition coefficient (Wildman–Crippen LogP) is 5.12. The van der Waals surface area contributed by atoms with Gasteiger partial charge in [0.15, 0.2) is 12.4 Å². The minimum atomic E-state index is 1.10. The van der Waals surface area contributed by atoms with Crippen LogP contribution in [-0.4, -0.2) is 0 Å². The fraction of sp³-hybridized carbons (Fsp3) is 0.476. The molecule has 2 aromatic rings. The minimum Gasteiger partial charge on any atom is -0.205 e. The van der Waals surface area contributed by atoms with E-state index in [2.05, 4.69) is 66.3 Å². The van der Waals surface area contributed by atoms with E-state index in [1.54, 1.807) is 0 Å². The molecule has 1 aromatic heterocycles. The van der Waals surface area contributed by atoms with Crippen LogP contribution in [0.5, 0.6) is 0 Å². The Morgan fingerprint density at radius 2 is 1.32 bits per heavy atom. The lowest BCUT2D eigenvalue weighted by atomic mass is 10.1. The highest BCUT2D eigenvalue weighted by molar-refractivity contribution is 5.14. The topological polar surface area (TPSA) is 3.88 Å². The summed E-state index contributed by atoms with van der Waals surface area (Å²) in [5, 5.41) is 0. The Morgan fingerprint density at radius 3 is 2.05 bits per heavy atom. The molecule has 118 valence electrons.